The fourth-order valence-corrected chi connectivity index (χ4v) is 4.02. The molecule has 2 aliphatic heterocycles. The lowest BCUT2D eigenvalue weighted by Gasteiger charge is -2.34. The van der Waals surface area contributed by atoms with E-state index in [1.165, 1.54) is 6.42 Å². The lowest BCUT2D eigenvalue weighted by Crippen LogP contribution is -2.46. The van der Waals surface area contributed by atoms with Crippen LogP contribution in [0.1, 0.15) is 24.2 Å². The Bertz CT molecular complexity index is 634. The number of nitrogens with zero attached hydrogens (tertiary/aromatic N) is 4. The number of rotatable bonds is 5. The summed E-state index contributed by atoms with van der Waals surface area (Å²) in [6.07, 6.45) is 9.70. The van der Waals surface area contributed by atoms with Gasteiger partial charge in [0.25, 0.3) is 0 Å². The highest BCUT2D eigenvalue weighted by Crippen LogP contribution is 2.32. The van der Waals surface area contributed by atoms with Crippen molar-refractivity contribution in [1.82, 2.24) is 19.8 Å². The normalized spacial score (nSPS) is 27.5. The van der Waals surface area contributed by atoms with Gasteiger partial charge in [-0.2, -0.15) is 0 Å². The molecule has 2 aromatic rings. The Morgan fingerprint density at radius 3 is 3.00 bits per heavy atom. The van der Waals surface area contributed by atoms with Crippen molar-refractivity contribution in [2.24, 2.45) is 0 Å². The molecule has 0 aliphatic carbocycles. The lowest BCUT2D eigenvalue weighted by molar-refractivity contribution is -0.0390. The molecule has 6 nitrogen and oxygen atoms in total. The molecule has 4 rings (SSSR count). The van der Waals surface area contributed by atoms with Crippen molar-refractivity contribution in [3.05, 3.63) is 48.4 Å². The average molecular weight is 328 g/mol. The third kappa shape index (κ3) is 3.22. The van der Waals surface area contributed by atoms with Crippen LogP contribution >= 0.6 is 0 Å². The third-order valence-corrected chi connectivity index (χ3v) is 5.15. The molecule has 0 amide bonds. The summed E-state index contributed by atoms with van der Waals surface area (Å²) >= 11 is 0. The van der Waals surface area contributed by atoms with Crippen LogP contribution in [0.4, 0.5) is 0 Å². The first-order valence-electron chi connectivity index (χ1n) is 8.63. The minimum Gasteiger partial charge on any atom is -0.468 e. The van der Waals surface area contributed by atoms with Crippen LogP contribution in [0.25, 0.3) is 0 Å². The van der Waals surface area contributed by atoms with Gasteiger partial charge < -0.3 is 9.15 Å². The average Bonchev–Trinajstić information content (AvgIpc) is 3.25. The molecule has 6 heteroatoms. The Hall–Kier alpha value is -1.76. The van der Waals surface area contributed by atoms with Crippen LogP contribution in [-0.4, -0.2) is 58.2 Å². The Labute approximate surface area is 142 Å². The van der Waals surface area contributed by atoms with Crippen LogP contribution in [0.5, 0.6) is 0 Å². The van der Waals surface area contributed by atoms with E-state index in [9.17, 15) is 0 Å². The van der Waals surface area contributed by atoms with E-state index in [0.29, 0.717) is 12.1 Å². The second-order valence-electron chi connectivity index (χ2n) is 6.78. The minimum absolute atomic E-state index is 0.267. The van der Waals surface area contributed by atoms with Crippen LogP contribution in [-0.2, 0) is 17.8 Å². The summed E-state index contributed by atoms with van der Waals surface area (Å²) < 4.78 is 11.7. The van der Waals surface area contributed by atoms with Crippen molar-refractivity contribution in [2.45, 2.75) is 44.1 Å². The molecule has 0 aromatic carbocycles. The summed E-state index contributed by atoms with van der Waals surface area (Å²) in [6, 6.07) is 4.87. The first kappa shape index (κ1) is 15.7. The summed E-state index contributed by atoms with van der Waals surface area (Å²) in [6.45, 7) is 3.57. The zero-order valence-corrected chi connectivity index (χ0v) is 14.0. The molecule has 0 saturated carbocycles. The summed E-state index contributed by atoms with van der Waals surface area (Å²) in [4.78, 5) is 13.1. The number of fused-ring (bicyclic) bond motifs is 1. The van der Waals surface area contributed by atoms with Crippen LogP contribution < -0.4 is 0 Å². The van der Waals surface area contributed by atoms with E-state index < -0.39 is 0 Å². The molecule has 0 radical (unpaired) electrons. The van der Waals surface area contributed by atoms with Crippen molar-refractivity contribution in [2.75, 3.05) is 20.2 Å². The van der Waals surface area contributed by atoms with Gasteiger partial charge in [0.05, 0.1) is 25.0 Å². The molecule has 0 unspecified atom stereocenters. The number of likely N-dealkylation sites (tertiary alicyclic amines) is 1. The van der Waals surface area contributed by atoms with E-state index >= 15 is 0 Å². The molecular weight excluding hydrogens is 304 g/mol. The predicted molar refractivity (Wildman–Crippen MR) is 89.2 cm³/mol. The van der Waals surface area contributed by atoms with E-state index in [0.717, 1.165) is 44.0 Å². The van der Waals surface area contributed by atoms with Crippen LogP contribution in [0.2, 0.25) is 0 Å². The molecule has 2 aromatic heterocycles. The fourth-order valence-electron chi connectivity index (χ4n) is 4.02. The molecule has 128 valence electrons. The summed E-state index contributed by atoms with van der Waals surface area (Å²) in [5.41, 5.74) is 1.14. The lowest BCUT2D eigenvalue weighted by atomic mass is 10.00. The molecule has 2 fully saturated rings. The number of hydrogen-bond donors (Lipinski definition) is 0. The number of aromatic nitrogens is 2. The van der Waals surface area contributed by atoms with E-state index in [2.05, 4.69) is 32.9 Å². The summed E-state index contributed by atoms with van der Waals surface area (Å²) in [5.74, 6) is 1.03. The van der Waals surface area contributed by atoms with Crippen LogP contribution in [0, 0.1) is 0 Å². The molecule has 4 heterocycles. The fraction of sp³-hybridized carbons (Fsp3) is 0.556. The second kappa shape index (κ2) is 7.01. The van der Waals surface area contributed by atoms with Crippen molar-refractivity contribution in [3.63, 3.8) is 0 Å². The van der Waals surface area contributed by atoms with E-state index in [1.54, 1.807) is 12.6 Å². The highest BCUT2D eigenvalue weighted by molar-refractivity contribution is 5.07. The van der Waals surface area contributed by atoms with E-state index in [-0.39, 0.29) is 6.10 Å². The molecule has 3 atom stereocenters. The van der Waals surface area contributed by atoms with Gasteiger partial charge >= 0.3 is 0 Å². The van der Waals surface area contributed by atoms with Crippen molar-refractivity contribution in [3.8, 4) is 0 Å². The summed E-state index contributed by atoms with van der Waals surface area (Å²) in [7, 11) is 2.17. The molecule has 2 saturated heterocycles. The Kier molecular flexibility index (Phi) is 4.60. The molecule has 24 heavy (non-hydrogen) atoms. The maximum atomic E-state index is 6.18. The summed E-state index contributed by atoms with van der Waals surface area (Å²) in [5, 5.41) is 0. The molecule has 2 aliphatic rings. The Morgan fingerprint density at radius 2 is 2.21 bits per heavy atom. The number of hydrogen-bond acceptors (Lipinski definition) is 6. The van der Waals surface area contributed by atoms with Gasteiger partial charge in [0.2, 0.25) is 0 Å². The monoisotopic (exact) mass is 328 g/mol. The van der Waals surface area contributed by atoms with Gasteiger partial charge in [0.1, 0.15) is 12.1 Å². The molecular formula is C18H24N4O2. The number of likely N-dealkylation sites (N-methyl/N-ethyl adjacent to an activating group) is 1. The van der Waals surface area contributed by atoms with Gasteiger partial charge in [0, 0.05) is 43.7 Å². The van der Waals surface area contributed by atoms with E-state index in [4.69, 9.17) is 9.15 Å². The van der Waals surface area contributed by atoms with Crippen LogP contribution in [0.3, 0.4) is 0 Å². The standard InChI is InChI=1S/C18H24N4O2/c1-21(10-14-8-19-13-20-9-14)17-12-22(11-15-4-2-6-23-15)16-5-3-7-24-18(16)17/h2,4,6,8-9,13,16-18H,3,5,7,10-12H2,1H3/t16-,17+,18+/m0/s1. The maximum absolute atomic E-state index is 6.18. The van der Waals surface area contributed by atoms with Gasteiger partial charge in [-0.15, -0.1) is 0 Å². The molecule has 0 spiro atoms. The molecule has 0 N–H and O–H groups in total. The number of furan rings is 1. The zero-order valence-electron chi connectivity index (χ0n) is 14.0. The smallest absolute Gasteiger partial charge is 0.117 e. The molecule has 0 bridgehead atoms. The van der Waals surface area contributed by atoms with Gasteiger partial charge in [-0.05, 0) is 32.0 Å². The predicted octanol–water partition coefficient (Wildman–Crippen LogP) is 1.93. The van der Waals surface area contributed by atoms with Gasteiger partial charge in [0.15, 0.2) is 0 Å². The third-order valence-electron chi connectivity index (χ3n) is 5.15. The largest absolute Gasteiger partial charge is 0.468 e. The SMILES string of the molecule is CN(Cc1cncnc1)[C@@H]1CN(Cc2ccco2)[C@H]2CCCO[C@@H]12. The highest BCUT2D eigenvalue weighted by atomic mass is 16.5. The quantitative estimate of drug-likeness (QED) is 0.836. The second-order valence-corrected chi connectivity index (χ2v) is 6.78. The Balaban J connectivity index is 1.48. The first-order valence-corrected chi connectivity index (χ1v) is 8.63. The van der Waals surface area contributed by atoms with Crippen molar-refractivity contribution < 1.29 is 9.15 Å². The highest BCUT2D eigenvalue weighted by Gasteiger charge is 2.45. The topological polar surface area (TPSA) is 54.6 Å². The zero-order chi connectivity index (χ0) is 16.4. The minimum atomic E-state index is 0.267. The first-order chi connectivity index (χ1) is 11.8. The van der Waals surface area contributed by atoms with Gasteiger partial charge in [-0.1, -0.05) is 0 Å². The Morgan fingerprint density at radius 1 is 1.33 bits per heavy atom. The maximum Gasteiger partial charge on any atom is 0.117 e. The van der Waals surface area contributed by atoms with Crippen molar-refractivity contribution in [1.29, 1.82) is 0 Å². The van der Waals surface area contributed by atoms with Gasteiger partial charge in [-0.25, -0.2) is 9.97 Å². The van der Waals surface area contributed by atoms with Crippen LogP contribution in [0.15, 0.2) is 41.5 Å². The van der Waals surface area contributed by atoms with E-state index in [1.807, 2.05) is 18.5 Å². The number of ether oxygens (including phenoxy) is 1. The van der Waals surface area contributed by atoms with Gasteiger partial charge in [-0.3, -0.25) is 9.80 Å². The van der Waals surface area contributed by atoms with Crippen molar-refractivity contribution >= 4 is 0 Å².